The van der Waals surface area contributed by atoms with Gasteiger partial charge in [-0.05, 0) is 19.3 Å². The molecule has 0 bridgehead atoms. The molecule has 0 aromatic rings. The van der Waals surface area contributed by atoms with E-state index in [0.717, 1.165) is 51.4 Å². The average molecular weight is 487 g/mol. The van der Waals surface area contributed by atoms with Crippen LogP contribution < -0.4 is 0 Å². The summed E-state index contributed by atoms with van der Waals surface area (Å²) in [5, 5.41) is 25.2. The van der Waals surface area contributed by atoms with E-state index >= 15 is 0 Å². The number of rotatable bonds is 25. The third-order valence-corrected chi connectivity index (χ3v) is 6.03. The lowest BCUT2D eigenvalue weighted by atomic mass is 10.0. The van der Waals surface area contributed by atoms with Gasteiger partial charge in [-0.1, -0.05) is 122 Å². The number of carbonyl (C=O) groups is 3. The number of aliphatic carboxylic acids is 3. The first-order chi connectivity index (χ1) is 16.4. The normalized spacial score (nSPS) is 10.5. The molecule has 0 fully saturated rings. The minimum atomic E-state index is -0.740. The van der Waals surface area contributed by atoms with Gasteiger partial charge < -0.3 is 15.3 Å². The first kappa shape index (κ1) is 34.6. The molecule has 0 saturated carbocycles. The summed E-state index contributed by atoms with van der Waals surface area (Å²) < 4.78 is 0. The summed E-state index contributed by atoms with van der Waals surface area (Å²) in [6, 6.07) is 0. The lowest BCUT2D eigenvalue weighted by Crippen LogP contribution is -1.94. The zero-order valence-corrected chi connectivity index (χ0v) is 22.0. The van der Waals surface area contributed by atoms with Gasteiger partial charge in [0.05, 0.1) is 0 Å². The number of carboxylic acids is 3. The largest absolute Gasteiger partial charge is 0.481 e. The van der Waals surface area contributed by atoms with Gasteiger partial charge in [0.2, 0.25) is 0 Å². The lowest BCUT2D eigenvalue weighted by molar-refractivity contribution is -0.138. The van der Waals surface area contributed by atoms with Crippen molar-refractivity contribution in [3.8, 4) is 0 Å². The second-order valence-electron chi connectivity index (χ2n) is 9.50. The molecular formula is C28H54O6. The van der Waals surface area contributed by atoms with Crippen molar-refractivity contribution in [2.75, 3.05) is 0 Å². The maximum Gasteiger partial charge on any atom is 0.303 e. The topological polar surface area (TPSA) is 112 Å². The fourth-order valence-corrected chi connectivity index (χ4v) is 3.91. The van der Waals surface area contributed by atoms with Crippen molar-refractivity contribution in [3.05, 3.63) is 0 Å². The second kappa shape index (κ2) is 29.4. The van der Waals surface area contributed by atoms with E-state index in [0.29, 0.717) is 6.42 Å². The Morgan fingerprint density at radius 1 is 0.353 bits per heavy atom. The van der Waals surface area contributed by atoms with Gasteiger partial charge in [0, 0.05) is 19.3 Å². The zero-order valence-electron chi connectivity index (χ0n) is 22.0. The van der Waals surface area contributed by atoms with Gasteiger partial charge in [-0.2, -0.15) is 0 Å². The van der Waals surface area contributed by atoms with Crippen molar-refractivity contribution in [1.82, 2.24) is 0 Å². The average Bonchev–Trinajstić information content (AvgIpc) is 2.78. The van der Waals surface area contributed by atoms with E-state index < -0.39 is 17.9 Å². The van der Waals surface area contributed by atoms with E-state index in [1.165, 1.54) is 83.5 Å². The van der Waals surface area contributed by atoms with E-state index in [4.69, 9.17) is 15.3 Å². The minimum Gasteiger partial charge on any atom is -0.481 e. The van der Waals surface area contributed by atoms with Gasteiger partial charge in [0.1, 0.15) is 0 Å². The summed E-state index contributed by atoms with van der Waals surface area (Å²) >= 11 is 0. The summed E-state index contributed by atoms with van der Waals surface area (Å²) in [5.74, 6) is -2.13. The standard InChI is InChI=1S/C18H36O2.C10H18O4/c1-2-3-4-5-6-7-8-9-10-11-12-13-14-15-16-17-18(19)20;11-9(12)7-5-3-1-2-4-6-8-10(13)14/h2-17H2,1H3,(H,19,20);1-8H2,(H,11,12)(H,13,14). The van der Waals surface area contributed by atoms with Crippen LogP contribution >= 0.6 is 0 Å². The summed E-state index contributed by atoms with van der Waals surface area (Å²) in [6.45, 7) is 2.27. The Labute approximate surface area is 208 Å². The minimum absolute atomic E-state index is 0.245. The molecule has 0 aromatic carbocycles. The second-order valence-corrected chi connectivity index (χ2v) is 9.50. The number of hydrogen-bond donors (Lipinski definition) is 3. The van der Waals surface area contributed by atoms with Crippen molar-refractivity contribution in [1.29, 1.82) is 0 Å². The van der Waals surface area contributed by atoms with E-state index in [2.05, 4.69) is 6.92 Å². The molecule has 0 aromatic heterocycles. The van der Waals surface area contributed by atoms with E-state index in [-0.39, 0.29) is 12.8 Å². The molecule has 0 rings (SSSR count). The molecular weight excluding hydrogens is 432 g/mol. The van der Waals surface area contributed by atoms with Crippen LogP contribution in [0.2, 0.25) is 0 Å². The van der Waals surface area contributed by atoms with Gasteiger partial charge in [-0.3, -0.25) is 14.4 Å². The molecule has 34 heavy (non-hydrogen) atoms. The highest BCUT2D eigenvalue weighted by atomic mass is 16.4. The molecule has 0 saturated heterocycles. The predicted molar refractivity (Wildman–Crippen MR) is 139 cm³/mol. The summed E-state index contributed by atoms with van der Waals surface area (Å²) in [5.41, 5.74) is 0. The van der Waals surface area contributed by atoms with Crippen LogP contribution in [0, 0.1) is 0 Å². The Bertz CT molecular complexity index is 444. The Hall–Kier alpha value is -1.59. The maximum absolute atomic E-state index is 10.3. The molecule has 0 amide bonds. The highest BCUT2D eigenvalue weighted by molar-refractivity contribution is 5.67. The van der Waals surface area contributed by atoms with Gasteiger partial charge in [0.25, 0.3) is 0 Å². The number of hydrogen-bond acceptors (Lipinski definition) is 3. The van der Waals surface area contributed by atoms with E-state index in [9.17, 15) is 14.4 Å². The fraction of sp³-hybridized carbons (Fsp3) is 0.893. The molecule has 0 aliphatic heterocycles. The van der Waals surface area contributed by atoms with Gasteiger partial charge in [-0.25, -0.2) is 0 Å². The van der Waals surface area contributed by atoms with Crippen LogP contribution in [-0.4, -0.2) is 33.2 Å². The lowest BCUT2D eigenvalue weighted by Gasteiger charge is -2.03. The van der Waals surface area contributed by atoms with Crippen LogP contribution in [0.5, 0.6) is 0 Å². The smallest absolute Gasteiger partial charge is 0.303 e. The number of carboxylic acid groups (broad SMARTS) is 3. The monoisotopic (exact) mass is 486 g/mol. The highest BCUT2D eigenvalue weighted by Gasteiger charge is 1.99. The van der Waals surface area contributed by atoms with Crippen molar-refractivity contribution in [2.24, 2.45) is 0 Å². The molecule has 0 atom stereocenters. The Balaban J connectivity index is 0. The molecule has 0 aliphatic carbocycles. The van der Waals surface area contributed by atoms with Gasteiger partial charge in [-0.15, -0.1) is 0 Å². The number of unbranched alkanes of at least 4 members (excludes halogenated alkanes) is 19. The van der Waals surface area contributed by atoms with Gasteiger partial charge in [0.15, 0.2) is 0 Å². The molecule has 202 valence electrons. The van der Waals surface area contributed by atoms with Crippen LogP contribution in [0.1, 0.15) is 161 Å². The Morgan fingerprint density at radius 3 is 0.706 bits per heavy atom. The molecule has 6 nitrogen and oxygen atoms in total. The fourth-order valence-electron chi connectivity index (χ4n) is 3.91. The predicted octanol–water partition coefficient (Wildman–Crippen LogP) is 8.61. The highest BCUT2D eigenvalue weighted by Crippen LogP contribution is 2.13. The molecule has 3 N–H and O–H groups in total. The third kappa shape index (κ3) is 37.7. The SMILES string of the molecule is CCCCCCCCCCCCCCCCCC(=O)O.O=C(O)CCCCCCCCC(=O)O. The van der Waals surface area contributed by atoms with Crippen molar-refractivity contribution >= 4 is 17.9 Å². The molecule has 6 heteroatoms. The van der Waals surface area contributed by atoms with Crippen LogP contribution in [-0.2, 0) is 14.4 Å². The van der Waals surface area contributed by atoms with E-state index in [1.54, 1.807) is 0 Å². The molecule has 0 radical (unpaired) electrons. The zero-order chi connectivity index (χ0) is 25.7. The van der Waals surface area contributed by atoms with Gasteiger partial charge >= 0.3 is 17.9 Å². The Kier molecular flexibility index (Phi) is 29.9. The molecule has 0 heterocycles. The quantitative estimate of drug-likeness (QED) is 0.111. The third-order valence-electron chi connectivity index (χ3n) is 6.03. The first-order valence-corrected chi connectivity index (χ1v) is 14.1. The first-order valence-electron chi connectivity index (χ1n) is 14.1. The molecule has 0 unspecified atom stereocenters. The van der Waals surface area contributed by atoms with Crippen LogP contribution in [0.4, 0.5) is 0 Å². The Morgan fingerprint density at radius 2 is 0.529 bits per heavy atom. The summed E-state index contributed by atoms with van der Waals surface area (Å²) in [6.07, 6.45) is 26.0. The van der Waals surface area contributed by atoms with Crippen LogP contribution in [0.15, 0.2) is 0 Å². The molecule has 0 aliphatic rings. The van der Waals surface area contributed by atoms with Crippen molar-refractivity contribution in [2.45, 2.75) is 161 Å². The van der Waals surface area contributed by atoms with E-state index in [1.807, 2.05) is 0 Å². The molecule has 0 spiro atoms. The summed E-state index contributed by atoms with van der Waals surface area (Å²) in [4.78, 5) is 30.6. The summed E-state index contributed by atoms with van der Waals surface area (Å²) in [7, 11) is 0. The van der Waals surface area contributed by atoms with Crippen LogP contribution in [0.3, 0.4) is 0 Å². The van der Waals surface area contributed by atoms with Crippen molar-refractivity contribution < 1.29 is 29.7 Å². The maximum atomic E-state index is 10.3. The van der Waals surface area contributed by atoms with Crippen LogP contribution in [0.25, 0.3) is 0 Å². The van der Waals surface area contributed by atoms with Crippen molar-refractivity contribution in [3.63, 3.8) is 0 Å².